The Bertz CT molecular complexity index is 700. The highest BCUT2D eigenvalue weighted by Gasteiger charge is 2.27. The molecule has 0 bridgehead atoms. The highest BCUT2D eigenvalue weighted by Crippen LogP contribution is 2.23. The van der Waals surface area contributed by atoms with Crippen molar-refractivity contribution in [3.8, 4) is 11.4 Å². The van der Waals surface area contributed by atoms with Gasteiger partial charge < -0.3 is 15.3 Å². The SMILES string of the molecule is O=C(Nc1cn[nH]c1-c1ccccn1)C(=O)N1CCCC(O)C1. The van der Waals surface area contributed by atoms with E-state index in [1.807, 2.05) is 6.07 Å². The topological polar surface area (TPSA) is 111 Å². The van der Waals surface area contributed by atoms with Crippen LogP contribution in [0.5, 0.6) is 0 Å². The fourth-order valence-corrected chi connectivity index (χ4v) is 2.55. The van der Waals surface area contributed by atoms with Crippen molar-refractivity contribution in [2.45, 2.75) is 18.9 Å². The van der Waals surface area contributed by atoms with Crippen molar-refractivity contribution in [3.63, 3.8) is 0 Å². The Labute approximate surface area is 132 Å². The molecule has 0 aromatic carbocycles. The Morgan fingerprint density at radius 3 is 3.00 bits per heavy atom. The molecule has 1 saturated heterocycles. The number of anilines is 1. The maximum Gasteiger partial charge on any atom is 0.314 e. The number of rotatable bonds is 2. The molecule has 0 spiro atoms. The number of likely N-dealkylation sites (tertiary alicyclic amines) is 1. The largest absolute Gasteiger partial charge is 0.391 e. The lowest BCUT2D eigenvalue weighted by molar-refractivity contribution is -0.145. The number of pyridine rings is 1. The summed E-state index contributed by atoms with van der Waals surface area (Å²) in [6.45, 7) is 0.659. The van der Waals surface area contributed by atoms with Crippen LogP contribution in [0.4, 0.5) is 5.69 Å². The van der Waals surface area contributed by atoms with Gasteiger partial charge >= 0.3 is 11.8 Å². The van der Waals surface area contributed by atoms with Crippen LogP contribution in [0, 0.1) is 0 Å². The maximum atomic E-state index is 12.2. The molecule has 0 saturated carbocycles. The van der Waals surface area contributed by atoms with Gasteiger partial charge in [0.2, 0.25) is 0 Å². The molecule has 1 aliphatic rings. The number of hydrogen-bond acceptors (Lipinski definition) is 5. The first-order chi connectivity index (χ1) is 11.1. The van der Waals surface area contributed by atoms with Crippen LogP contribution in [0.3, 0.4) is 0 Å². The van der Waals surface area contributed by atoms with E-state index in [4.69, 9.17) is 0 Å². The summed E-state index contributed by atoms with van der Waals surface area (Å²) in [5.41, 5.74) is 1.53. The van der Waals surface area contributed by atoms with Crippen LogP contribution in [-0.4, -0.2) is 56.2 Å². The molecule has 23 heavy (non-hydrogen) atoms. The van der Waals surface area contributed by atoms with E-state index >= 15 is 0 Å². The summed E-state index contributed by atoms with van der Waals surface area (Å²) in [7, 11) is 0. The van der Waals surface area contributed by atoms with Gasteiger partial charge in [0, 0.05) is 19.3 Å². The first kappa shape index (κ1) is 15.2. The Morgan fingerprint density at radius 1 is 1.39 bits per heavy atom. The van der Waals surface area contributed by atoms with Crippen molar-refractivity contribution < 1.29 is 14.7 Å². The Kier molecular flexibility index (Phi) is 4.33. The molecule has 3 heterocycles. The molecule has 0 radical (unpaired) electrons. The quantitative estimate of drug-likeness (QED) is 0.694. The van der Waals surface area contributed by atoms with Crippen molar-refractivity contribution in [2.75, 3.05) is 18.4 Å². The third-order valence-electron chi connectivity index (χ3n) is 3.69. The summed E-state index contributed by atoms with van der Waals surface area (Å²) < 4.78 is 0. The van der Waals surface area contributed by atoms with Crippen molar-refractivity contribution in [2.24, 2.45) is 0 Å². The molecule has 120 valence electrons. The minimum atomic E-state index is -0.752. The third kappa shape index (κ3) is 3.37. The number of aliphatic hydroxyl groups is 1. The lowest BCUT2D eigenvalue weighted by Gasteiger charge is -2.29. The van der Waals surface area contributed by atoms with Gasteiger partial charge in [0.1, 0.15) is 5.69 Å². The van der Waals surface area contributed by atoms with Gasteiger partial charge in [-0.25, -0.2) is 0 Å². The van der Waals surface area contributed by atoms with Gasteiger partial charge in [-0.3, -0.25) is 19.7 Å². The van der Waals surface area contributed by atoms with Gasteiger partial charge in [-0.05, 0) is 25.0 Å². The maximum absolute atomic E-state index is 12.2. The zero-order valence-electron chi connectivity index (χ0n) is 12.4. The molecular weight excluding hydrogens is 298 g/mol. The number of aromatic nitrogens is 3. The first-order valence-corrected chi connectivity index (χ1v) is 7.38. The fraction of sp³-hybridized carbons (Fsp3) is 0.333. The molecule has 3 N–H and O–H groups in total. The fourth-order valence-electron chi connectivity index (χ4n) is 2.55. The Morgan fingerprint density at radius 2 is 2.26 bits per heavy atom. The van der Waals surface area contributed by atoms with E-state index in [1.54, 1.807) is 18.3 Å². The molecule has 1 aliphatic heterocycles. The molecular formula is C15H17N5O3. The second-order valence-electron chi connectivity index (χ2n) is 5.37. The van der Waals surface area contributed by atoms with E-state index in [1.165, 1.54) is 11.1 Å². The van der Waals surface area contributed by atoms with Crippen LogP contribution in [0.2, 0.25) is 0 Å². The van der Waals surface area contributed by atoms with E-state index in [9.17, 15) is 14.7 Å². The van der Waals surface area contributed by atoms with Crippen molar-refractivity contribution in [1.29, 1.82) is 0 Å². The summed E-state index contributed by atoms with van der Waals surface area (Å²) in [6.07, 6.45) is 3.82. The molecule has 0 aliphatic carbocycles. The summed E-state index contributed by atoms with van der Waals surface area (Å²) in [4.78, 5) is 29.9. The minimum absolute atomic E-state index is 0.185. The molecule has 2 aromatic rings. The number of aliphatic hydroxyl groups excluding tert-OH is 1. The van der Waals surface area contributed by atoms with Crippen molar-refractivity contribution >= 4 is 17.5 Å². The first-order valence-electron chi connectivity index (χ1n) is 7.38. The van der Waals surface area contributed by atoms with Crippen LogP contribution in [0.1, 0.15) is 12.8 Å². The molecule has 2 aromatic heterocycles. The zero-order valence-corrected chi connectivity index (χ0v) is 12.4. The average molecular weight is 315 g/mol. The third-order valence-corrected chi connectivity index (χ3v) is 3.69. The van der Waals surface area contributed by atoms with Crippen LogP contribution >= 0.6 is 0 Å². The van der Waals surface area contributed by atoms with Gasteiger partial charge in [-0.2, -0.15) is 5.10 Å². The second kappa shape index (κ2) is 6.57. The molecule has 8 heteroatoms. The number of carbonyl (C=O) groups excluding carboxylic acids is 2. The Balaban J connectivity index is 1.71. The summed E-state index contributed by atoms with van der Waals surface area (Å²) in [6, 6.07) is 5.37. The molecule has 1 fully saturated rings. The number of nitrogens with zero attached hydrogens (tertiary/aromatic N) is 3. The second-order valence-corrected chi connectivity index (χ2v) is 5.37. The summed E-state index contributed by atoms with van der Waals surface area (Å²) in [5, 5.41) is 18.8. The number of β-amino-alcohol motifs (C(OH)–C–C–N with tert-alkyl or cyclic N) is 1. The normalized spacial score (nSPS) is 17.8. The molecule has 1 unspecified atom stereocenters. The minimum Gasteiger partial charge on any atom is -0.391 e. The van der Waals surface area contributed by atoms with E-state index < -0.39 is 17.9 Å². The van der Waals surface area contributed by atoms with E-state index in [2.05, 4.69) is 20.5 Å². The van der Waals surface area contributed by atoms with Crippen LogP contribution in [-0.2, 0) is 9.59 Å². The molecule has 8 nitrogen and oxygen atoms in total. The standard InChI is InChI=1S/C15H17N5O3/c21-10-4-3-7-20(9-10)15(23)14(22)18-12-8-17-19-13(12)11-5-1-2-6-16-11/h1-2,5-6,8,10,21H,3-4,7,9H2,(H,17,19)(H,18,22). The number of piperidine rings is 1. The predicted molar refractivity (Wildman–Crippen MR) is 82.3 cm³/mol. The lowest BCUT2D eigenvalue weighted by Crippen LogP contribution is -2.46. The average Bonchev–Trinajstić information content (AvgIpc) is 3.03. The van der Waals surface area contributed by atoms with Crippen LogP contribution in [0.25, 0.3) is 11.4 Å². The van der Waals surface area contributed by atoms with Crippen molar-refractivity contribution in [3.05, 3.63) is 30.6 Å². The van der Waals surface area contributed by atoms with E-state index in [0.717, 1.165) is 0 Å². The highest BCUT2D eigenvalue weighted by atomic mass is 16.3. The van der Waals surface area contributed by atoms with Gasteiger partial charge in [0.05, 0.1) is 23.7 Å². The van der Waals surface area contributed by atoms with Gasteiger partial charge in [-0.1, -0.05) is 6.07 Å². The van der Waals surface area contributed by atoms with Gasteiger partial charge in [0.15, 0.2) is 0 Å². The van der Waals surface area contributed by atoms with Crippen LogP contribution in [0.15, 0.2) is 30.6 Å². The monoisotopic (exact) mass is 315 g/mol. The predicted octanol–water partition coefficient (Wildman–Crippen LogP) is 0.393. The summed E-state index contributed by atoms with van der Waals surface area (Å²) >= 11 is 0. The number of H-pyrrole nitrogens is 1. The number of nitrogens with one attached hydrogen (secondary N) is 2. The number of hydrogen-bond donors (Lipinski definition) is 3. The van der Waals surface area contributed by atoms with Gasteiger partial charge in [0.25, 0.3) is 0 Å². The number of amides is 2. The van der Waals surface area contributed by atoms with Crippen molar-refractivity contribution in [1.82, 2.24) is 20.1 Å². The molecule has 1 atom stereocenters. The number of aromatic amines is 1. The number of carbonyl (C=O) groups is 2. The zero-order chi connectivity index (χ0) is 16.2. The van der Waals surface area contributed by atoms with E-state index in [-0.39, 0.29) is 6.54 Å². The Hall–Kier alpha value is -2.74. The molecule has 3 rings (SSSR count). The smallest absolute Gasteiger partial charge is 0.314 e. The molecule has 2 amide bonds. The van der Waals surface area contributed by atoms with Gasteiger partial charge in [-0.15, -0.1) is 0 Å². The van der Waals surface area contributed by atoms with Crippen LogP contribution < -0.4 is 5.32 Å². The summed E-state index contributed by atoms with van der Waals surface area (Å²) in [5.74, 6) is -1.41. The lowest BCUT2D eigenvalue weighted by atomic mass is 10.1. The van der Waals surface area contributed by atoms with E-state index in [0.29, 0.717) is 36.5 Å². The highest BCUT2D eigenvalue weighted by molar-refractivity contribution is 6.39.